The van der Waals surface area contributed by atoms with Gasteiger partial charge in [0.15, 0.2) is 0 Å². The number of esters is 1. The predicted molar refractivity (Wildman–Crippen MR) is 69.2 cm³/mol. The van der Waals surface area contributed by atoms with E-state index in [1.807, 2.05) is 0 Å². The molecule has 3 nitrogen and oxygen atoms in total. The molecule has 1 rings (SSSR count). The quantitative estimate of drug-likeness (QED) is 0.862. The maximum atomic E-state index is 11.7. The van der Waals surface area contributed by atoms with Crippen molar-refractivity contribution in [3.63, 3.8) is 0 Å². The lowest BCUT2D eigenvalue weighted by Crippen LogP contribution is -2.37. The highest BCUT2D eigenvalue weighted by Gasteiger charge is 2.37. The Hall–Kier alpha value is -0.770. The molecule has 0 aliphatic carbocycles. The first-order chi connectivity index (χ1) is 7.80. The molecule has 1 aromatic rings. The fourth-order valence-corrected chi connectivity index (χ4v) is 1.95. The molecule has 1 atom stereocenters. The van der Waals surface area contributed by atoms with Crippen molar-refractivity contribution in [3.8, 4) is 0 Å². The van der Waals surface area contributed by atoms with E-state index in [1.54, 1.807) is 32.0 Å². The summed E-state index contributed by atoms with van der Waals surface area (Å²) in [6.07, 6.45) is 0. The Kier molecular flexibility index (Phi) is 4.42. The van der Waals surface area contributed by atoms with Gasteiger partial charge in [-0.2, -0.15) is 0 Å². The fourth-order valence-electron chi connectivity index (χ4n) is 1.53. The summed E-state index contributed by atoms with van der Waals surface area (Å²) >= 11 is 11.9. The molecule has 0 aliphatic heterocycles. The van der Waals surface area contributed by atoms with Crippen LogP contribution in [0.15, 0.2) is 18.2 Å². The Morgan fingerprint density at radius 3 is 2.53 bits per heavy atom. The number of rotatable bonds is 3. The van der Waals surface area contributed by atoms with Gasteiger partial charge in [0.2, 0.25) is 0 Å². The molecule has 0 spiro atoms. The van der Waals surface area contributed by atoms with E-state index in [1.165, 1.54) is 7.11 Å². The van der Waals surface area contributed by atoms with E-state index < -0.39 is 11.5 Å². The zero-order valence-corrected chi connectivity index (χ0v) is 11.5. The summed E-state index contributed by atoms with van der Waals surface area (Å²) < 4.78 is 4.73. The SMILES string of the molecule is COC(=O)C(C)(C)[C@H](N)c1cc(Cl)ccc1Cl. The molecule has 1 aromatic carbocycles. The first kappa shape index (κ1) is 14.3. The summed E-state index contributed by atoms with van der Waals surface area (Å²) in [6, 6.07) is 4.41. The van der Waals surface area contributed by atoms with Crippen LogP contribution in [0.25, 0.3) is 0 Å². The molecule has 0 saturated carbocycles. The van der Waals surface area contributed by atoms with Gasteiger partial charge in [-0.25, -0.2) is 0 Å². The van der Waals surface area contributed by atoms with Crippen LogP contribution in [0, 0.1) is 5.41 Å². The minimum atomic E-state index is -0.872. The number of hydrogen-bond acceptors (Lipinski definition) is 3. The summed E-state index contributed by atoms with van der Waals surface area (Å²) in [6.45, 7) is 3.42. The molecular formula is C12H15Cl2NO2. The minimum absolute atomic E-state index is 0.388. The Labute approximate surface area is 111 Å². The second kappa shape index (κ2) is 5.25. The molecule has 0 fully saturated rings. The van der Waals surface area contributed by atoms with E-state index >= 15 is 0 Å². The van der Waals surface area contributed by atoms with Crippen LogP contribution in [0.3, 0.4) is 0 Å². The highest BCUT2D eigenvalue weighted by Crippen LogP contribution is 2.36. The number of carbonyl (C=O) groups is 1. The topological polar surface area (TPSA) is 52.3 Å². The maximum absolute atomic E-state index is 11.7. The lowest BCUT2D eigenvalue weighted by atomic mass is 9.81. The lowest BCUT2D eigenvalue weighted by Gasteiger charge is -2.29. The molecule has 2 N–H and O–H groups in total. The molecule has 0 aromatic heterocycles. The van der Waals surface area contributed by atoms with Crippen LogP contribution in [-0.2, 0) is 9.53 Å². The highest BCUT2D eigenvalue weighted by atomic mass is 35.5. The van der Waals surface area contributed by atoms with Crippen molar-refractivity contribution >= 4 is 29.2 Å². The van der Waals surface area contributed by atoms with Crippen LogP contribution in [-0.4, -0.2) is 13.1 Å². The summed E-state index contributed by atoms with van der Waals surface area (Å²) in [7, 11) is 1.33. The first-order valence-electron chi connectivity index (χ1n) is 5.09. The zero-order valence-electron chi connectivity index (χ0n) is 9.96. The number of halogens is 2. The van der Waals surface area contributed by atoms with E-state index in [-0.39, 0.29) is 5.97 Å². The number of benzene rings is 1. The Morgan fingerprint density at radius 1 is 1.41 bits per heavy atom. The summed E-state index contributed by atoms with van der Waals surface area (Å²) in [4.78, 5) is 11.7. The minimum Gasteiger partial charge on any atom is -0.469 e. The van der Waals surface area contributed by atoms with Gasteiger partial charge in [-0.1, -0.05) is 23.2 Å². The smallest absolute Gasteiger partial charge is 0.313 e. The number of nitrogens with two attached hydrogens (primary N) is 1. The average Bonchev–Trinajstić information content (AvgIpc) is 2.30. The molecule has 0 radical (unpaired) electrons. The Bertz CT molecular complexity index is 433. The summed E-state index contributed by atoms with van der Waals surface area (Å²) in [5.74, 6) is -0.388. The van der Waals surface area contributed by atoms with E-state index in [9.17, 15) is 4.79 Å². The van der Waals surface area contributed by atoms with Gasteiger partial charge in [-0.3, -0.25) is 4.79 Å². The molecule has 0 bridgehead atoms. The normalized spacial score (nSPS) is 13.3. The van der Waals surface area contributed by atoms with E-state index in [2.05, 4.69) is 0 Å². The van der Waals surface area contributed by atoms with Crippen LogP contribution >= 0.6 is 23.2 Å². The second-order valence-corrected chi connectivity index (χ2v) is 5.20. The van der Waals surface area contributed by atoms with Crippen LogP contribution < -0.4 is 5.73 Å². The molecule has 0 heterocycles. The van der Waals surface area contributed by atoms with E-state index in [0.29, 0.717) is 15.6 Å². The molecule has 5 heteroatoms. The molecule has 0 aliphatic rings. The van der Waals surface area contributed by atoms with Crippen molar-refractivity contribution in [3.05, 3.63) is 33.8 Å². The standard InChI is InChI=1S/C12H15Cl2NO2/c1-12(2,11(16)17-3)10(15)8-6-7(13)4-5-9(8)14/h4-6,10H,15H2,1-3H3/t10-/m1/s1. The molecule has 94 valence electrons. The largest absolute Gasteiger partial charge is 0.469 e. The molecule has 0 amide bonds. The van der Waals surface area contributed by atoms with E-state index in [4.69, 9.17) is 33.7 Å². The number of hydrogen-bond donors (Lipinski definition) is 1. The van der Waals surface area contributed by atoms with Gasteiger partial charge in [0, 0.05) is 16.1 Å². The lowest BCUT2D eigenvalue weighted by molar-refractivity contribution is -0.152. The van der Waals surface area contributed by atoms with Crippen molar-refractivity contribution in [2.45, 2.75) is 19.9 Å². The van der Waals surface area contributed by atoms with E-state index in [0.717, 1.165) is 0 Å². The van der Waals surface area contributed by atoms with Crippen LogP contribution in [0.2, 0.25) is 10.0 Å². The van der Waals surface area contributed by atoms with Gasteiger partial charge in [0.1, 0.15) is 0 Å². The van der Waals surface area contributed by atoms with Gasteiger partial charge in [0.05, 0.1) is 12.5 Å². The van der Waals surface area contributed by atoms with Crippen molar-refractivity contribution < 1.29 is 9.53 Å². The van der Waals surface area contributed by atoms with Gasteiger partial charge < -0.3 is 10.5 Å². The van der Waals surface area contributed by atoms with Gasteiger partial charge >= 0.3 is 5.97 Å². The monoisotopic (exact) mass is 275 g/mol. The molecule has 17 heavy (non-hydrogen) atoms. The van der Waals surface area contributed by atoms with Gasteiger partial charge in [-0.05, 0) is 37.6 Å². The van der Waals surface area contributed by atoms with Crippen molar-refractivity contribution in [1.29, 1.82) is 0 Å². The fraction of sp³-hybridized carbons (Fsp3) is 0.417. The van der Waals surface area contributed by atoms with Crippen LogP contribution in [0.4, 0.5) is 0 Å². The highest BCUT2D eigenvalue weighted by molar-refractivity contribution is 6.33. The average molecular weight is 276 g/mol. The van der Waals surface area contributed by atoms with Gasteiger partial charge in [0.25, 0.3) is 0 Å². The van der Waals surface area contributed by atoms with Crippen LogP contribution in [0.5, 0.6) is 0 Å². The second-order valence-electron chi connectivity index (χ2n) is 4.36. The third-order valence-corrected chi connectivity index (χ3v) is 3.36. The third kappa shape index (κ3) is 2.92. The van der Waals surface area contributed by atoms with Crippen molar-refractivity contribution in [1.82, 2.24) is 0 Å². The number of ether oxygens (including phenoxy) is 1. The van der Waals surface area contributed by atoms with Crippen LogP contribution in [0.1, 0.15) is 25.5 Å². The summed E-state index contributed by atoms with van der Waals surface area (Å²) in [5.41, 5.74) is 5.84. The number of methoxy groups -OCH3 is 1. The molecular weight excluding hydrogens is 261 g/mol. The number of carbonyl (C=O) groups excluding carboxylic acids is 1. The van der Waals surface area contributed by atoms with Crippen molar-refractivity contribution in [2.24, 2.45) is 11.1 Å². The Morgan fingerprint density at radius 2 is 2.00 bits per heavy atom. The Balaban J connectivity index is 3.15. The predicted octanol–water partition coefficient (Wildman–Crippen LogP) is 3.19. The maximum Gasteiger partial charge on any atom is 0.313 e. The summed E-state index contributed by atoms with van der Waals surface area (Å²) in [5, 5.41) is 1.01. The van der Waals surface area contributed by atoms with Gasteiger partial charge in [-0.15, -0.1) is 0 Å². The first-order valence-corrected chi connectivity index (χ1v) is 5.85. The third-order valence-electron chi connectivity index (χ3n) is 2.78. The zero-order chi connectivity index (χ0) is 13.2. The molecule has 0 saturated heterocycles. The molecule has 0 unspecified atom stereocenters. The van der Waals surface area contributed by atoms with Crippen molar-refractivity contribution in [2.75, 3.05) is 7.11 Å².